The number of carbonyl (C=O) groups excluding carboxylic acids is 1. The third-order valence-electron chi connectivity index (χ3n) is 3.30. The van der Waals surface area contributed by atoms with Gasteiger partial charge in [-0.2, -0.15) is 0 Å². The molecule has 0 radical (unpaired) electrons. The number of ether oxygens (including phenoxy) is 2. The molecule has 6 nitrogen and oxygen atoms in total. The second-order valence-electron chi connectivity index (χ2n) is 5.03. The Morgan fingerprint density at radius 3 is 3.19 bits per heavy atom. The highest BCUT2D eigenvalue weighted by atomic mass is 35.5. The zero-order valence-corrected chi connectivity index (χ0v) is 12.4. The second kappa shape index (κ2) is 5.91. The molecule has 2 aliphatic rings. The number of nitrogens with zero attached hydrogens (tertiary/aromatic N) is 2. The SMILES string of the molecule is CC(=O)Nc1cc(OC2CCOC2)c2c(n1)C=CN(Cl)C2. The van der Waals surface area contributed by atoms with E-state index in [2.05, 4.69) is 10.3 Å². The quantitative estimate of drug-likeness (QED) is 0.867. The summed E-state index contributed by atoms with van der Waals surface area (Å²) in [6.07, 6.45) is 4.41. The van der Waals surface area contributed by atoms with E-state index >= 15 is 0 Å². The van der Waals surface area contributed by atoms with Gasteiger partial charge in [0.2, 0.25) is 5.91 Å². The summed E-state index contributed by atoms with van der Waals surface area (Å²) in [5.41, 5.74) is 1.67. The molecule has 0 saturated carbocycles. The van der Waals surface area contributed by atoms with E-state index in [0.29, 0.717) is 31.3 Å². The molecule has 1 unspecified atom stereocenters. The molecular weight excluding hydrogens is 294 g/mol. The van der Waals surface area contributed by atoms with Crippen molar-refractivity contribution in [1.29, 1.82) is 0 Å². The molecule has 0 aromatic carbocycles. The highest BCUT2D eigenvalue weighted by Crippen LogP contribution is 2.32. The van der Waals surface area contributed by atoms with Gasteiger partial charge in [-0.05, 0) is 6.08 Å². The van der Waals surface area contributed by atoms with Gasteiger partial charge >= 0.3 is 0 Å². The normalized spacial score (nSPS) is 20.3. The zero-order valence-electron chi connectivity index (χ0n) is 11.6. The molecule has 0 aliphatic carbocycles. The van der Waals surface area contributed by atoms with Crippen LogP contribution >= 0.6 is 11.8 Å². The minimum Gasteiger partial charge on any atom is -0.487 e. The number of amides is 1. The Morgan fingerprint density at radius 2 is 2.48 bits per heavy atom. The smallest absolute Gasteiger partial charge is 0.222 e. The van der Waals surface area contributed by atoms with Crippen LogP contribution in [0.4, 0.5) is 5.82 Å². The first-order chi connectivity index (χ1) is 10.1. The summed E-state index contributed by atoms with van der Waals surface area (Å²) in [5.74, 6) is 0.994. The number of hydrogen-bond donors (Lipinski definition) is 1. The number of nitrogens with one attached hydrogen (secondary N) is 1. The third-order valence-corrected chi connectivity index (χ3v) is 3.54. The molecule has 3 rings (SSSR count). The van der Waals surface area contributed by atoms with Gasteiger partial charge in [0.05, 0.1) is 25.5 Å². The van der Waals surface area contributed by atoms with Gasteiger partial charge in [-0.25, -0.2) is 4.98 Å². The first kappa shape index (κ1) is 14.2. The molecular formula is C14H16ClN3O3. The predicted octanol–water partition coefficient (Wildman–Crippen LogP) is 2.15. The van der Waals surface area contributed by atoms with Gasteiger partial charge in [0, 0.05) is 43.0 Å². The van der Waals surface area contributed by atoms with Gasteiger partial charge in [-0.3, -0.25) is 9.21 Å². The van der Waals surface area contributed by atoms with Gasteiger partial charge in [0.25, 0.3) is 0 Å². The maximum atomic E-state index is 11.2. The Kier molecular flexibility index (Phi) is 3.98. The lowest BCUT2D eigenvalue weighted by Gasteiger charge is -2.23. The Morgan fingerprint density at radius 1 is 1.62 bits per heavy atom. The summed E-state index contributed by atoms with van der Waals surface area (Å²) in [7, 11) is 0. The van der Waals surface area contributed by atoms with Crippen molar-refractivity contribution in [3.8, 4) is 5.75 Å². The molecule has 7 heteroatoms. The molecule has 1 aromatic heterocycles. The summed E-state index contributed by atoms with van der Waals surface area (Å²) < 4.78 is 12.9. The van der Waals surface area contributed by atoms with Crippen LogP contribution in [-0.2, 0) is 16.1 Å². The molecule has 21 heavy (non-hydrogen) atoms. The van der Waals surface area contributed by atoms with Crippen LogP contribution in [0, 0.1) is 0 Å². The first-order valence-corrected chi connectivity index (χ1v) is 7.12. The fraction of sp³-hybridized carbons (Fsp3) is 0.429. The molecule has 3 heterocycles. The fourth-order valence-electron chi connectivity index (χ4n) is 2.35. The van der Waals surface area contributed by atoms with Gasteiger partial charge < -0.3 is 14.8 Å². The zero-order chi connectivity index (χ0) is 14.8. The summed E-state index contributed by atoms with van der Waals surface area (Å²) in [4.78, 5) is 15.6. The molecule has 1 saturated heterocycles. The van der Waals surface area contributed by atoms with E-state index in [0.717, 1.165) is 17.7 Å². The number of carbonyl (C=O) groups is 1. The van der Waals surface area contributed by atoms with Crippen molar-refractivity contribution in [2.75, 3.05) is 18.5 Å². The average Bonchev–Trinajstić information content (AvgIpc) is 2.92. The van der Waals surface area contributed by atoms with Gasteiger partial charge in [0.15, 0.2) is 0 Å². The number of pyridine rings is 1. The van der Waals surface area contributed by atoms with Crippen molar-refractivity contribution >= 4 is 29.6 Å². The number of halogens is 1. The van der Waals surface area contributed by atoms with Crippen LogP contribution < -0.4 is 10.1 Å². The van der Waals surface area contributed by atoms with E-state index in [-0.39, 0.29) is 12.0 Å². The minimum absolute atomic E-state index is 0.0244. The number of aromatic nitrogens is 1. The maximum absolute atomic E-state index is 11.2. The molecule has 1 N–H and O–H groups in total. The van der Waals surface area contributed by atoms with Crippen LogP contribution in [0.25, 0.3) is 6.08 Å². The molecule has 1 atom stereocenters. The second-order valence-corrected chi connectivity index (χ2v) is 5.46. The van der Waals surface area contributed by atoms with Crippen molar-refractivity contribution in [3.63, 3.8) is 0 Å². The number of rotatable bonds is 3. The Bertz CT molecular complexity index is 585. The van der Waals surface area contributed by atoms with Crippen LogP contribution in [0.15, 0.2) is 12.3 Å². The predicted molar refractivity (Wildman–Crippen MR) is 78.8 cm³/mol. The minimum atomic E-state index is -0.170. The van der Waals surface area contributed by atoms with Crippen molar-refractivity contribution < 1.29 is 14.3 Å². The van der Waals surface area contributed by atoms with Crippen molar-refractivity contribution in [2.24, 2.45) is 0 Å². The maximum Gasteiger partial charge on any atom is 0.222 e. The monoisotopic (exact) mass is 309 g/mol. The highest BCUT2D eigenvalue weighted by Gasteiger charge is 2.23. The summed E-state index contributed by atoms with van der Waals surface area (Å²) in [5, 5.41) is 2.69. The molecule has 1 amide bonds. The third kappa shape index (κ3) is 3.28. The van der Waals surface area contributed by atoms with E-state index in [1.165, 1.54) is 6.92 Å². The van der Waals surface area contributed by atoms with Crippen LogP contribution in [0.5, 0.6) is 5.75 Å². The molecule has 112 valence electrons. The van der Waals surface area contributed by atoms with Crippen LogP contribution in [0.1, 0.15) is 24.6 Å². The first-order valence-electron chi connectivity index (χ1n) is 6.78. The molecule has 2 aliphatic heterocycles. The van der Waals surface area contributed by atoms with Gasteiger partial charge in [-0.15, -0.1) is 0 Å². The van der Waals surface area contributed by atoms with Gasteiger partial charge in [0.1, 0.15) is 17.7 Å². The van der Waals surface area contributed by atoms with Crippen molar-refractivity contribution in [3.05, 3.63) is 23.5 Å². The Hall–Kier alpha value is -1.79. The average molecular weight is 310 g/mol. The molecule has 1 aromatic rings. The lowest BCUT2D eigenvalue weighted by Crippen LogP contribution is -2.20. The van der Waals surface area contributed by atoms with E-state index in [4.69, 9.17) is 21.3 Å². The Balaban J connectivity index is 1.94. The van der Waals surface area contributed by atoms with Crippen LogP contribution in [-0.4, -0.2) is 34.6 Å². The van der Waals surface area contributed by atoms with Crippen molar-refractivity contribution in [1.82, 2.24) is 9.40 Å². The number of hydrogen-bond acceptors (Lipinski definition) is 5. The lowest BCUT2D eigenvalue weighted by molar-refractivity contribution is -0.114. The van der Waals surface area contributed by atoms with Gasteiger partial charge in [-0.1, -0.05) is 0 Å². The standard InChI is InChI=1S/C14H16ClN3O3/c1-9(19)16-14-6-13(21-10-3-5-20-8-10)11-7-18(15)4-2-12(11)17-14/h2,4,6,10H,3,5,7-8H2,1H3,(H,16,17,19). The van der Waals surface area contributed by atoms with E-state index < -0.39 is 0 Å². The van der Waals surface area contributed by atoms with E-state index in [1.54, 1.807) is 22.8 Å². The summed E-state index contributed by atoms with van der Waals surface area (Å²) in [6.45, 7) is 3.23. The number of anilines is 1. The van der Waals surface area contributed by atoms with E-state index in [1.807, 2.05) is 0 Å². The largest absolute Gasteiger partial charge is 0.487 e. The Labute approximate surface area is 127 Å². The number of fused-ring (bicyclic) bond motifs is 1. The van der Waals surface area contributed by atoms with Crippen LogP contribution in [0.2, 0.25) is 0 Å². The summed E-state index contributed by atoms with van der Waals surface area (Å²) in [6, 6.07) is 1.74. The van der Waals surface area contributed by atoms with Crippen LogP contribution in [0.3, 0.4) is 0 Å². The molecule has 0 bridgehead atoms. The van der Waals surface area contributed by atoms with E-state index in [9.17, 15) is 4.79 Å². The fourth-order valence-corrected chi connectivity index (χ4v) is 2.53. The highest BCUT2D eigenvalue weighted by molar-refractivity contribution is 6.14. The topological polar surface area (TPSA) is 63.7 Å². The summed E-state index contributed by atoms with van der Waals surface area (Å²) >= 11 is 6.03. The molecule has 0 spiro atoms. The molecule has 1 fully saturated rings. The van der Waals surface area contributed by atoms with Crippen molar-refractivity contribution in [2.45, 2.75) is 26.0 Å². The lowest BCUT2D eigenvalue weighted by atomic mass is 10.1.